The van der Waals surface area contributed by atoms with Crippen LogP contribution in [0.1, 0.15) is 0 Å². The van der Waals surface area contributed by atoms with Gasteiger partial charge in [0.2, 0.25) is 5.91 Å². The van der Waals surface area contributed by atoms with Gasteiger partial charge in [0, 0.05) is 17.3 Å². The monoisotopic (exact) mass is 387 g/mol. The van der Waals surface area contributed by atoms with Crippen molar-refractivity contribution in [1.82, 2.24) is 9.55 Å². The molecule has 0 aliphatic carbocycles. The molecule has 0 saturated carbocycles. The highest BCUT2D eigenvalue weighted by Gasteiger charge is 2.16. The predicted molar refractivity (Wildman–Crippen MR) is 113 cm³/mol. The van der Waals surface area contributed by atoms with Crippen LogP contribution in [0, 0.1) is 0 Å². The maximum Gasteiger partial charge on any atom is 0.244 e. The molecule has 1 amide bonds. The van der Waals surface area contributed by atoms with Gasteiger partial charge in [-0.1, -0.05) is 30.3 Å². The Bertz CT molecular complexity index is 1170. The van der Waals surface area contributed by atoms with E-state index < -0.39 is 0 Å². The van der Waals surface area contributed by atoms with Gasteiger partial charge in [-0.05, 0) is 36.4 Å². The molecule has 3 aromatic carbocycles. The summed E-state index contributed by atoms with van der Waals surface area (Å²) in [6, 6.07) is 22.7. The summed E-state index contributed by atoms with van der Waals surface area (Å²) in [6.07, 6.45) is 0. The van der Waals surface area contributed by atoms with E-state index in [1.807, 2.05) is 71.3 Å². The fourth-order valence-electron chi connectivity index (χ4n) is 3.26. The first kappa shape index (κ1) is 18.6. The number of carbonyl (C=O) groups excluding carboxylic acids is 1. The first-order valence-corrected chi connectivity index (χ1v) is 9.21. The molecule has 0 atom stereocenters. The molecule has 0 aliphatic rings. The van der Waals surface area contributed by atoms with Crippen LogP contribution in [0.5, 0.6) is 11.5 Å². The number of imidazole rings is 1. The lowest BCUT2D eigenvalue weighted by atomic mass is 10.2. The van der Waals surface area contributed by atoms with Crippen molar-refractivity contribution in [3.05, 3.63) is 72.8 Å². The van der Waals surface area contributed by atoms with Crippen LogP contribution in [0.25, 0.3) is 22.4 Å². The quantitative estimate of drug-likeness (QED) is 0.534. The van der Waals surface area contributed by atoms with Crippen molar-refractivity contribution in [1.29, 1.82) is 0 Å². The molecule has 1 N–H and O–H groups in total. The first-order chi connectivity index (χ1) is 14.2. The van der Waals surface area contributed by atoms with Crippen LogP contribution < -0.4 is 14.8 Å². The van der Waals surface area contributed by atoms with Crippen LogP contribution in [0.3, 0.4) is 0 Å². The number of ether oxygens (including phenoxy) is 2. The summed E-state index contributed by atoms with van der Waals surface area (Å²) in [5.41, 5.74) is 3.29. The standard InChI is InChI=1S/C23H21N3O3/c1-28-18-9-5-7-16(13-18)23-25-20-11-3-4-12-21(20)26(23)15-22(27)24-17-8-6-10-19(14-17)29-2/h3-14H,15H2,1-2H3,(H,24,27). The van der Waals surface area contributed by atoms with E-state index in [1.54, 1.807) is 20.3 Å². The number of rotatable bonds is 6. The Balaban J connectivity index is 1.69. The summed E-state index contributed by atoms with van der Waals surface area (Å²) in [6.45, 7) is 0.129. The number of methoxy groups -OCH3 is 2. The molecule has 29 heavy (non-hydrogen) atoms. The highest BCUT2D eigenvalue weighted by atomic mass is 16.5. The summed E-state index contributed by atoms with van der Waals surface area (Å²) in [5, 5.41) is 2.93. The van der Waals surface area contributed by atoms with Crippen molar-refractivity contribution in [3.8, 4) is 22.9 Å². The van der Waals surface area contributed by atoms with E-state index in [0.717, 1.165) is 22.3 Å². The normalized spacial score (nSPS) is 10.7. The highest BCUT2D eigenvalue weighted by molar-refractivity contribution is 5.92. The first-order valence-electron chi connectivity index (χ1n) is 9.21. The molecular weight excluding hydrogens is 366 g/mol. The second kappa shape index (κ2) is 8.06. The minimum absolute atomic E-state index is 0.129. The summed E-state index contributed by atoms with van der Waals surface area (Å²) < 4.78 is 12.5. The van der Waals surface area contributed by atoms with Gasteiger partial charge >= 0.3 is 0 Å². The molecule has 1 aromatic heterocycles. The summed E-state index contributed by atoms with van der Waals surface area (Å²) >= 11 is 0. The number of carbonyl (C=O) groups is 1. The number of anilines is 1. The van der Waals surface area contributed by atoms with E-state index in [9.17, 15) is 4.79 Å². The summed E-state index contributed by atoms with van der Waals surface area (Å²) in [4.78, 5) is 17.6. The number of fused-ring (bicyclic) bond motifs is 1. The van der Waals surface area contributed by atoms with Crippen molar-refractivity contribution in [2.24, 2.45) is 0 Å². The molecule has 0 fully saturated rings. The molecular formula is C23H21N3O3. The Labute approximate surface area is 168 Å². The van der Waals surface area contributed by atoms with Gasteiger partial charge < -0.3 is 19.4 Å². The van der Waals surface area contributed by atoms with Crippen LogP contribution in [-0.2, 0) is 11.3 Å². The average Bonchev–Trinajstić information content (AvgIpc) is 3.12. The molecule has 0 bridgehead atoms. The van der Waals surface area contributed by atoms with Crippen LogP contribution in [-0.4, -0.2) is 29.7 Å². The molecule has 0 saturated heterocycles. The molecule has 0 radical (unpaired) electrons. The number of amides is 1. The summed E-state index contributed by atoms with van der Waals surface area (Å²) in [5.74, 6) is 1.99. The fourth-order valence-corrected chi connectivity index (χ4v) is 3.26. The van der Waals surface area contributed by atoms with Crippen molar-refractivity contribution in [3.63, 3.8) is 0 Å². The van der Waals surface area contributed by atoms with Gasteiger partial charge in [0.25, 0.3) is 0 Å². The lowest BCUT2D eigenvalue weighted by molar-refractivity contribution is -0.116. The van der Waals surface area contributed by atoms with Crippen LogP contribution in [0.4, 0.5) is 5.69 Å². The van der Waals surface area contributed by atoms with E-state index in [1.165, 1.54) is 0 Å². The Morgan fingerprint density at radius 2 is 1.66 bits per heavy atom. The van der Waals surface area contributed by atoms with Crippen LogP contribution >= 0.6 is 0 Å². The molecule has 1 heterocycles. The Hall–Kier alpha value is -3.80. The third-order valence-corrected chi connectivity index (χ3v) is 4.64. The number of hydrogen-bond donors (Lipinski definition) is 1. The minimum atomic E-state index is -0.148. The topological polar surface area (TPSA) is 65.4 Å². The smallest absolute Gasteiger partial charge is 0.244 e. The van der Waals surface area contributed by atoms with Gasteiger partial charge in [-0.2, -0.15) is 0 Å². The fraction of sp³-hybridized carbons (Fsp3) is 0.130. The molecule has 0 spiro atoms. The minimum Gasteiger partial charge on any atom is -0.497 e. The number of benzene rings is 3. The van der Waals surface area contributed by atoms with Gasteiger partial charge in [-0.15, -0.1) is 0 Å². The lowest BCUT2D eigenvalue weighted by Crippen LogP contribution is -2.19. The Kier molecular flexibility index (Phi) is 5.16. The zero-order chi connectivity index (χ0) is 20.2. The van der Waals surface area contributed by atoms with E-state index in [2.05, 4.69) is 5.32 Å². The van der Waals surface area contributed by atoms with Crippen molar-refractivity contribution in [2.45, 2.75) is 6.54 Å². The maximum absolute atomic E-state index is 12.8. The molecule has 0 unspecified atom stereocenters. The third kappa shape index (κ3) is 3.91. The van der Waals surface area contributed by atoms with Gasteiger partial charge in [-0.25, -0.2) is 4.98 Å². The lowest BCUT2D eigenvalue weighted by Gasteiger charge is -2.11. The number of nitrogens with zero attached hydrogens (tertiary/aromatic N) is 2. The number of hydrogen-bond acceptors (Lipinski definition) is 4. The van der Waals surface area contributed by atoms with Gasteiger partial charge in [-0.3, -0.25) is 4.79 Å². The van der Waals surface area contributed by atoms with Gasteiger partial charge in [0.05, 0.1) is 25.3 Å². The highest BCUT2D eigenvalue weighted by Crippen LogP contribution is 2.27. The molecule has 0 aliphatic heterocycles. The Morgan fingerprint density at radius 3 is 2.45 bits per heavy atom. The second-order valence-corrected chi connectivity index (χ2v) is 6.52. The largest absolute Gasteiger partial charge is 0.497 e. The number of para-hydroxylation sites is 2. The Morgan fingerprint density at radius 1 is 0.931 bits per heavy atom. The van der Waals surface area contributed by atoms with Crippen LogP contribution in [0.2, 0.25) is 0 Å². The van der Waals surface area contributed by atoms with Crippen molar-refractivity contribution in [2.75, 3.05) is 19.5 Å². The van der Waals surface area contributed by atoms with Crippen LogP contribution in [0.15, 0.2) is 72.8 Å². The summed E-state index contributed by atoms with van der Waals surface area (Å²) in [7, 11) is 3.22. The molecule has 6 nitrogen and oxygen atoms in total. The molecule has 6 heteroatoms. The van der Waals surface area contributed by atoms with E-state index >= 15 is 0 Å². The van der Waals surface area contributed by atoms with E-state index in [0.29, 0.717) is 17.3 Å². The number of nitrogens with one attached hydrogen (secondary N) is 1. The molecule has 4 rings (SSSR count). The average molecular weight is 387 g/mol. The molecule has 146 valence electrons. The zero-order valence-corrected chi connectivity index (χ0v) is 16.3. The van der Waals surface area contributed by atoms with Crippen molar-refractivity contribution >= 4 is 22.6 Å². The van der Waals surface area contributed by atoms with Crippen molar-refractivity contribution < 1.29 is 14.3 Å². The predicted octanol–water partition coefficient (Wildman–Crippen LogP) is 4.36. The van der Waals surface area contributed by atoms with E-state index in [4.69, 9.17) is 14.5 Å². The number of aromatic nitrogens is 2. The zero-order valence-electron chi connectivity index (χ0n) is 16.3. The maximum atomic E-state index is 12.8. The second-order valence-electron chi connectivity index (χ2n) is 6.52. The van der Waals surface area contributed by atoms with Gasteiger partial charge in [0.1, 0.15) is 23.9 Å². The molecule has 4 aromatic rings. The third-order valence-electron chi connectivity index (χ3n) is 4.64. The SMILES string of the molecule is COc1cccc(NC(=O)Cn2c(-c3cccc(OC)c3)nc3ccccc32)c1. The van der Waals surface area contributed by atoms with Gasteiger partial charge in [0.15, 0.2) is 0 Å². The van der Waals surface area contributed by atoms with E-state index in [-0.39, 0.29) is 12.5 Å².